The molecular formula is C18H27N5O. The zero-order chi connectivity index (χ0) is 16.8. The second-order valence-electron chi connectivity index (χ2n) is 6.74. The van der Waals surface area contributed by atoms with Crippen LogP contribution in [0.15, 0.2) is 36.7 Å². The molecule has 0 spiro atoms. The predicted molar refractivity (Wildman–Crippen MR) is 93.4 cm³/mol. The molecule has 1 aliphatic heterocycles. The lowest BCUT2D eigenvalue weighted by Crippen LogP contribution is -2.31. The zero-order valence-electron chi connectivity index (χ0n) is 14.6. The van der Waals surface area contributed by atoms with Crippen molar-refractivity contribution in [2.45, 2.75) is 19.6 Å². The summed E-state index contributed by atoms with van der Waals surface area (Å²) in [4.78, 5) is 9.06. The maximum Gasteiger partial charge on any atom is 0.0593 e. The fraction of sp³-hybridized carbons (Fsp3) is 0.556. The fourth-order valence-electron chi connectivity index (χ4n) is 3.06. The first-order chi connectivity index (χ1) is 11.7. The number of rotatable bonds is 7. The Morgan fingerprint density at radius 3 is 2.92 bits per heavy atom. The summed E-state index contributed by atoms with van der Waals surface area (Å²) in [5.41, 5.74) is 2.37. The normalized spacial score (nSPS) is 18.5. The van der Waals surface area contributed by atoms with Crippen LogP contribution in [0.25, 0.3) is 0 Å². The number of fused-ring (bicyclic) bond motifs is 1. The summed E-state index contributed by atoms with van der Waals surface area (Å²) in [5.74, 6) is 0.442. The number of pyridine rings is 1. The summed E-state index contributed by atoms with van der Waals surface area (Å²) in [5, 5.41) is 4.48. The van der Waals surface area contributed by atoms with Crippen LogP contribution in [0.4, 0.5) is 0 Å². The van der Waals surface area contributed by atoms with Gasteiger partial charge in [-0.25, -0.2) is 0 Å². The van der Waals surface area contributed by atoms with Crippen molar-refractivity contribution in [1.29, 1.82) is 0 Å². The van der Waals surface area contributed by atoms with Gasteiger partial charge in [0.25, 0.3) is 0 Å². The van der Waals surface area contributed by atoms with Crippen LogP contribution >= 0.6 is 0 Å². The lowest BCUT2D eigenvalue weighted by molar-refractivity contribution is 0.0671. The smallest absolute Gasteiger partial charge is 0.0593 e. The molecule has 0 saturated heterocycles. The Morgan fingerprint density at radius 1 is 1.21 bits per heavy atom. The molecule has 0 saturated carbocycles. The number of aromatic nitrogens is 3. The molecule has 1 atom stereocenters. The molecule has 0 bridgehead atoms. The second-order valence-corrected chi connectivity index (χ2v) is 6.74. The first-order valence-corrected chi connectivity index (χ1v) is 8.56. The summed E-state index contributed by atoms with van der Waals surface area (Å²) in [6, 6.07) is 8.21. The monoisotopic (exact) mass is 329 g/mol. The molecule has 2 aromatic heterocycles. The van der Waals surface area contributed by atoms with Gasteiger partial charge in [0.05, 0.1) is 24.6 Å². The van der Waals surface area contributed by atoms with Crippen LogP contribution in [-0.4, -0.2) is 65.0 Å². The molecular weight excluding hydrogens is 302 g/mol. The molecule has 0 amide bonds. The molecule has 1 aliphatic rings. The SMILES string of the molecule is CN(C)CCOCC1CN(Cc2ccccn2)Cc2ccnn2C1. The van der Waals surface area contributed by atoms with Gasteiger partial charge in [0.15, 0.2) is 0 Å². The van der Waals surface area contributed by atoms with Gasteiger partial charge in [0.2, 0.25) is 0 Å². The quantitative estimate of drug-likeness (QED) is 0.720. The molecule has 130 valence electrons. The van der Waals surface area contributed by atoms with E-state index in [2.05, 4.69) is 50.8 Å². The van der Waals surface area contributed by atoms with Crippen LogP contribution in [0.5, 0.6) is 0 Å². The highest BCUT2D eigenvalue weighted by Gasteiger charge is 2.22. The summed E-state index contributed by atoms with van der Waals surface area (Å²) < 4.78 is 8.03. The maximum absolute atomic E-state index is 5.90. The van der Waals surface area contributed by atoms with Crippen molar-refractivity contribution in [2.24, 2.45) is 5.92 Å². The van der Waals surface area contributed by atoms with Crippen LogP contribution in [0.3, 0.4) is 0 Å². The fourth-order valence-corrected chi connectivity index (χ4v) is 3.06. The van der Waals surface area contributed by atoms with Gasteiger partial charge in [0, 0.05) is 51.0 Å². The lowest BCUT2D eigenvalue weighted by Gasteiger charge is -2.23. The molecule has 6 nitrogen and oxygen atoms in total. The lowest BCUT2D eigenvalue weighted by atomic mass is 10.1. The largest absolute Gasteiger partial charge is 0.380 e. The van der Waals surface area contributed by atoms with Crippen LogP contribution in [0.2, 0.25) is 0 Å². The zero-order valence-corrected chi connectivity index (χ0v) is 14.6. The van der Waals surface area contributed by atoms with Gasteiger partial charge < -0.3 is 9.64 Å². The Kier molecular flexibility index (Phi) is 5.96. The Bertz CT molecular complexity index is 613. The van der Waals surface area contributed by atoms with Crippen molar-refractivity contribution in [3.63, 3.8) is 0 Å². The van der Waals surface area contributed by atoms with Gasteiger partial charge >= 0.3 is 0 Å². The maximum atomic E-state index is 5.90. The number of likely N-dealkylation sites (N-methyl/N-ethyl adjacent to an activating group) is 1. The number of hydrogen-bond donors (Lipinski definition) is 0. The Balaban J connectivity index is 1.62. The van der Waals surface area contributed by atoms with Gasteiger partial charge in [-0.15, -0.1) is 0 Å². The van der Waals surface area contributed by atoms with E-state index in [1.54, 1.807) is 0 Å². The summed E-state index contributed by atoms with van der Waals surface area (Å²) >= 11 is 0. The van der Waals surface area contributed by atoms with E-state index >= 15 is 0 Å². The molecule has 0 aliphatic carbocycles. The van der Waals surface area contributed by atoms with Crippen LogP contribution in [-0.2, 0) is 24.4 Å². The van der Waals surface area contributed by atoms with Crippen LogP contribution < -0.4 is 0 Å². The summed E-state index contributed by atoms with van der Waals surface area (Å²) in [6.07, 6.45) is 3.75. The highest BCUT2D eigenvalue weighted by molar-refractivity contribution is 5.06. The predicted octanol–water partition coefficient (Wildman–Crippen LogP) is 1.49. The minimum Gasteiger partial charge on any atom is -0.380 e. The number of ether oxygens (including phenoxy) is 1. The van der Waals surface area contributed by atoms with Crippen LogP contribution in [0, 0.1) is 5.92 Å². The average molecular weight is 329 g/mol. The third kappa shape index (κ3) is 4.87. The summed E-state index contributed by atoms with van der Waals surface area (Å²) in [6.45, 7) is 6.19. The minimum absolute atomic E-state index is 0.442. The van der Waals surface area contributed by atoms with E-state index in [0.29, 0.717) is 5.92 Å². The molecule has 3 rings (SSSR count). The molecule has 0 radical (unpaired) electrons. The van der Waals surface area contributed by atoms with Crippen molar-refractivity contribution in [3.8, 4) is 0 Å². The molecule has 24 heavy (non-hydrogen) atoms. The highest BCUT2D eigenvalue weighted by atomic mass is 16.5. The third-order valence-electron chi connectivity index (χ3n) is 4.29. The van der Waals surface area contributed by atoms with E-state index in [0.717, 1.165) is 51.6 Å². The highest BCUT2D eigenvalue weighted by Crippen LogP contribution is 2.18. The van der Waals surface area contributed by atoms with Gasteiger partial charge in [-0.2, -0.15) is 5.10 Å². The van der Waals surface area contributed by atoms with Crippen molar-refractivity contribution in [3.05, 3.63) is 48.0 Å². The van der Waals surface area contributed by atoms with Gasteiger partial charge in [-0.3, -0.25) is 14.6 Å². The Morgan fingerprint density at radius 2 is 2.12 bits per heavy atom. The molecule has 0 fully saturated rings. The van der Waals surface area contributed by atoms with E-state index in [9.17, 15) is 0 Å². The van der Waals surface area contributed by atoms with Crippen molar-refractivity contribution < 1.29 is 4.74 Å². The molecule has 1 unspecified atom stereocenters. The second kappa shape index (κ2) is 8.37. The van der Waals surface area contributed by atoms with Crippen molar-refractivity contribution in [1.82, 2.24) is 24.6 Å². The number of nitrogens with zero attached hydrogens (tertiary/aromatic N) is 5. The topological polar surface area (TPSA) is 46.4 Å². The molecule has 0 N–H and O–H groups in total. The van der Waals surface area contributed by atoms with Gasteiger partial charge in [-0.1, -0.05) is 6.07 Å². The first kappa shape index (κ1) is 17.1. The minimum atomic E-state index is 0.442. The van der Waals surface area contributed by atoms with E-state index in [4.69, 9.17) is 4.74 Å². The van der Waals surface area contributed by atoms with Gasteiger partial charge in [-0.05, 0) is 32.3 Å². The molecule has 0 aromatic carbocycles. The summed E-state index contributed by atoms with van der Waals surface area (Å²) in [7, 11) is 4.14. The standard InChI is InChI=1S/C18H27N5O/c1-21(2)9-10-24-15-16-11-22(13-17-5-3-4-7-19-17)14-18-6-8-20-23(18)12-16/h3-8,16H,9-15H2,1-2H3. The van der Waals surface area contributed by atoms with E-state index in [-0.39, 0.29) is 0 Å². The van der Waals surface area contributed by atoms with E-state index < -0.39 is 0 Å². The number of hydrogen-bond acceptors (Lipinski definition) is 5. The van der Waals surface area contributed by atoms with Crippen LogP contribution in [0.1, 0.15) is 11.4 Å². The van der Waals surface area contributed by atoms with Gasteiger partial charge in [0.1, 0.15) is 0 Å². The van der Waals surface area contributed by atoms with E-state index in [1.165, 1.54) is 5.69 Å². The Hall–Kier alpha value is -1.76. The molecule has 2 aromatic rings. The molecule has 3 heterocycles. The first-order valence-electron chi connectivity index (χ1n) is 8.56. The van der Waals surface area contributed by atoms with Crippen molar-refractivity contribution in [2.75, 3.05) is 40.4 Å². The molecule has 6 heteroatoms. The average Bonchev–Trinajstić information content (AvgIpc) is 2.92. The van der Waals surface area contributed by atoms with E-state index in [1.807, 2.05) is 24.5 Å². The Labute approximate surface area is 144 Å². The van der Waals surface area contributed by atoms with Crippen molar-refractivity contribution >= 4 is 0 Å². The third-order valence-corrected chi connectivity index (χ3v) is 4.29.